The zero-order chi connectivity index (χ0) is 43.9. The Morgan fingerprint density at radius 1 is 1.03 bits per heavy atom. The number of nitro groups is 1. The largest absolute Gasteiger partial charge is 0.487 e. The van der Waals surface area contributed by atoms with Crippen molar-refractivity contribution in [3.63, 3.8) is 0 Å². The van der Waals surface area contributed by atoms with Gasteiger partial charge < -0.3 is 19.4 Å². The number of nitrogens with zero attached hydrogens (tertiary/aromatic N) is 6. The van der Waals surface area contributed by atoms with Crippen LogP contribution < -0.4 is 14.4 Å². The van der Waals surface area contributed by atoms with Crippen LogP contribution in [-0.4, -0.2) is 96.4 Å². The monoisotopic (exact) mass is 892 g/mol. The van der Waals surface area contributed by atoms with Crippen LogP contribution in [0.4, 0.5) is 11.4 Å². The fraction of sp³-hybridized carbons (Fsp3) is 0.370. The summed E-state index contributed by atoms with van der Waals surface area (Å²) in [6.07, 6.45) is 8.11. The molecular weight excluding hydrogens is 844 g/mol. The zero-order valence-corrected chi connectivity index (χ0v) is 36.8. The number of amides is 1. The molecule has 3 aliphatic rings. The lowest BCUT2D eigenvalue weighted by Gasteiger charge is -2.39. The molecule has 63 heavy (non-hydrogen) atoms. The van der Waals surface area contributed by atoms with E-state index in [2.05, 4.69) is 50.6 Å². The van der Waals surface area contributed by atoms with Crippen LogP contribution in [0.3, 0.4) is 0 Å². The number of nitro benzene ring substituents is 1. The Labute approximate surface area is 370 Å². The minimum Gasteiger partial charge on any atom is -0.487 e. The Morgan fingerprint density at radius 2 is 1.81 bits per heavy atom. The van der Waals surface area contributed by atoms with E-state index in [0.717, 1.165) is 87.0 Å². The number of aromatic nitrogens is 4. The molecule has 0 unspecified atom stereocenters. The number of nitrogens with one attached hydrogen (secondary N) is 2. The van der Waals surface area contributed by atoms with Gasteiger partial charge in [0.05, 0.1) is 39.4 Å². The molecule has 1 amide bonds. The third-order valence-corrected chi connectivity index (χ3v) is 14.1. The lowest BCUT2D eigenvalue weighted by molar-refractivity contribution is -0.386. The molecule has 9 rings (SSSR count). The Bertz CT molecular complexity index is 2840. The van der Waals surface area contributed by atoms with Crippen LogP contribution in [0.15, 0.2) is 95.7 Å². The number of allylic oxidation sites excluding steroid dienone is 1. The average molecular weight is 893 g/mol. The quantitative estimate of drug-likeness (QED) is 0.0895. The molecule has 5 heterocycles. The van der Waals surface area contributed by atoms with Crippen molar-refractivity contribution >= 4 is 66.5 Å². The summed E-state index contributed by atoms with van der Waals surface area (Å²) in [5.74, 6) is -0.817. The van der Waals surface area contributed by atoms with Crippen molar-refractivity contribution in [2.75, 3.05) is 57.4 Å². The van der Waals surface area contributed by atoms with E-state index >= 15 is 0 Å². The number of halogens is 1. The number of fused-ring (bicyclic) bond motifs is 2. The van der Waals surface area contributed by atoms with Gasteiger partial charge in [0.15, 0.2) is 5.75 Å². The molecule has 0 radical (unpaired) electrons. The number of anilines is 1. The molecule has 1 aliphatic carbocycles. The zero-order valence-electron chi connectivity index (χ0n) is 35.2. The first-order valence-electron chi connectivity index (χ1n) is 21.3. The number of rotatable bonds is 12. The molecule has 2 aliphatic heterocycles. The molecule has 0 bridgehead atoms. The molecule has 3 aromatic heterocycles. The van der Waals surface area contributed by atoms with Crippen molar-refractivity contribution in [1.82, 2.24) is 29.4 Å². The predicted octanol–water partition coefficient (Wildman–Crippen LogP) is 8.17. The Kier molecular flexibility index (Phi) is 11.7. The summed E-state index contributed by atoms with van der Waals surface area (Å²) < 4.78 is 42.5. The number of hydrogen-bond acceptors (Lipinski definition) is 11. The van der Waals surface area contributed by atoms with E-state index in [-0.39, 0.29) is 29.3 Å². The van der Waals surface area contributed by atoms with Crippen LogP contribution >= 0.6 is 11.6 Å². The van der Waals surface area contributed by atoms with Gasteiger partial charge in [-0.15, -0.1) is 0 Å². The minimum atomic E-state index is -4.59. The standard InChI is InChI=1S/C46H49ClN8O7S/c1-46(2)15-11-33(38(26-46)31-3-5-34(47)6-4-31)28-52-17-19-53(20-18-52)35-7-9-37(40(24-35)54-41-23-32-12-16-48-44(32)50-39(41)27-49-54)45(56)51-63(59,60)36-8-10-43(42(25-36)55(57)58)62-29-30-13-21-61-22-14-30/h3-10,12,16,23-25,27,30H,11,13-15,17-22,26,28-29H2,1-2H3,(H,48,50)(H,51,56). The van der Waals surface area contributed by atoms with E-state index in [0.29, 0.717) is 35.6 Å². The molecule has 17 heteroatoms. The van der Waals surface area contributed by atoms with Gasteiger partial charge in [0.2, 0.25) is 0 Å². The van der Waals surface area contributed by atoms with Crippen LogP contribution in [0, 0.1) is 21.4 Å². The maximum Gasteiger partial charge on any atom is 0.312 e. The minimum absolute atomic E-state index is 0.0351. The van der Waals surface area contributed by atoms with Crippen LogP contribution in [0.25, 0.3) is 33.3 Å². The van der Waals surface area contributed by atoms with Crippen molar-refractivity contribution in [2.45, 2.75) is 50.8 Å². The Balaban J connectivity index is 0.976. The van der Waals surface area contributed by atoms with Gasteiger partial charge >= 0.3 is 5.69 Å². The van der Waals surface area contributed by atoms with Crippen molar-refractivity contribution in [1.29, 1.82) is 0 Å². The first kappa shape index (κ1) is 42.5. The number of benzene rings is 3. The SMILES string of the molecule is CC1(C)CCC(CN2CCN(c3ccc(C(=O)NS(=O)(=O)c4ccc(OCC5CCOCC5)c([N+](=O)[O-])c4)c(-n4ncc5nc6[nH]ccc6cc54)c3)CC2)=C(c2ccc(Cl)cc2)C1. The molecular formula is C46H49ClN8O7S. The number of hydrogen-bond donors (Lipinski definition) is 2. The average Bonchev–Trinajstić information content (AvgIpc) is 3.92. The first-order chi connectivity index (χ1) is 30.3. The number of sulfonamides is 1. The third kappa shape index (κ3) is 9.16. The second kappa shape index (κ2) is 17.4. The van der Waals surface area contributed by atoms with Gasteiger partial charge in [-0.3, -0.25) is 19.8 Å². The van der Waals surface area contributed by atoms with E-state index in [1.807, 2.05) is 36.4 Å². The van der Waals surface area contributed by atoms with Crippen molar-refractivity contribution in [3.8, 4) is 11.4 Å². The number of piperazine rings is 1. The van der Waals surface area contributed by atoms with Crippen molar-refractivity contribution in [2.24, 2.45) is 11.3 Å². The third-order valence-electron chi connectivity index (χ3n) is 12.5. The number of pyridine rings is 1. The molecule has 2 saturated heterocycles. The smallest absolute Gasteiger partial charge is 0.312 e. The number of carbonyl (C=O) groups excluding carboxylic acids is 1. The first-order valence-corrected chi connectivity index (χ1v) is 23.1. The molecule has 0 atom stereocenters. The highest BCUT2D eigenvalue weighted by molar-refractivity contribution is 7.90. The highest BCUT2D eigenvalue weighted by Gasteiger charge is 2.31. The summed E-state index contributed by atoms with van der Waals surface area (Å²) in [4.78, 5) is 37.7. The maximum absolute atomic E-state index is 14.2. The van der Waals surface area contributed by atoms with Gasteiger partial charge in [0.25, 0.3) is 15.9 Å². The van der Waals surface area contributed by atoms with Crippen LogP contribution in [-0.2, 0) is 14.8 Å². The second-order valence-corrected chi connectivity index (χ2v) is 19.6. The highest BCUT2D eigenvalue weighted by atomic mass is 35.5. The molecule has 2 N–H and O–H groups in total. The van der Waals surface area contributed by atoms with Gasteiger partial charge in [-0.05, 0) is 109 Å². The highest BCUT2D eigenvalue weighted by Crippen LogP contribution is 2.43. The number of aromatic amines is 1. The maximum atomic E-state index is 14.2. The van der Waals surface area contributed by atoms with E-state index in [9.17, 15) is 23.3 Å². The number of ether oxygens (including phenoxy) is 2. The van der Waals surface area contributed by atoms with Gasteiger partial charge in [-0.1, -0.05) is 43.2 Å². The second-order valence-electron chi connectivity index (χ2n) is 17.4. The number of carbonyl (C=O) groups is 1. The van der Waals surface area contributed by atoms with Crippen molar-refractivity contribution < 1.29 is 27.6 Å². The summed E-state index contributed by atoms with van der Waals surface area (Å²) in [6, 6.07) is 20.6. The van der Waals surface area contributed by atoms with Crippen molar-refractivity contribution in [3.05, 3.63) is 117 Å². The molecule has 0 saturated carbocycles. The van der Waals surface area contributed by atoms with E-state index in [4.69, 9.17) is 26.1 Å². The topological polar surface area (TPSA) is 178 Å². The number of H-pyrrole nitrogens is 1. The molecule has 0 spiro atoms. The molecule has 2 fully saturated rings. The van der Waals surface area contributed by atoms with Gasteiger partial charge in [-0.2, -0.15) is 5.10 Å². The van der Waals surface area contributed by atoms with Crippen LogP contribution in [0.5, 0.6) is 5.75 Å². The summed E-state index contributed by atoms with van der Waals surface area (Å²) in [6.45, 7) is 10.1. The molecule has 328 valence electrons. The summed E-state index contributed by atoms with van der Waals surface area (Å²) in [5.41, 5.74) is 6.92. The molecule has 6 aromatic rings. The Morgan fingerprint density at radius 3 is 2.57 bits per heavy atom. The Hall–Kier alpha value is -5.81. The van der Waals surface area contributed by atoms with Crippen LogP contribution in [0.2, 0.25) is 5.02 Å². The lowest BCUT2D eigenvalue weighted by Crippen LogP contribution is -2.47. The van der Waals surface area contributed by atoms with Gasteiger partial charge in [-0.25, -0.2) is 22.8 Å². The van der Waals surface area contributed by atoms with Gasteiger partial charge in [0.1, 0.15) is 11.2 Å². The fourth-order valence-electron chi connectivity index (χ4n) is 8.88. The van der Waals surface area contributed by atoms with E-state index < -0.39 is 31.4 Å². The predicted molar refractivity (Wildman–Crippen MR) is 242 cm³/mol. The summed E-state index contributed by atoms with van der Waals surface area (Å²) in [5, 5.41) is 18.3. The van der Waals surface area contributed by atoms with Crippen LogP contribution in [0.1, 0.15) is 61.9 Å². The molecule has 15 nitrogen and oxygen atoms in total. The van der Waals surface area contributed by atoms with E-state index in [1.165, 1.54) is 28.8 Å². The lowest BCUT2D eigenvalue weighted by atomic mass is 9.72. The van der Waals surface area contributed by atoms with E-state index in [1.54, 1.807) is 23.1 Å². The normalized spacial score (nSPS) is 17.7. The summed E-state index contributed by atoms with van der Waals surface area (Å²) in [7, 11) is -4.59. The van der Waals surface area contributed by atoms with Gasteiger partial charge in [0, 0.05) is 74.3 Å². The fourth-order valence-corrected chi connectivity index (χ4v) is 10.00. The summed E-state index contributed by atoms with van der Waals surface area (Å²) >= 11 is 6.25. The molecule has 3 aromatic carbocycles.